The molecule has 0 saturated carbocycles. The van der Waals surface area contributed by atoms with Gasteiger partial charge in [0.15, 0.2) is 0 Å². The lowest BCUT2D eigenvalue weighted by molar-refractivity contribution is 0.606. The van der Waals surface area contributed by atoms with Crippen molar-refractivity contribution in [2.75, 3.05) is 6.54 Å². The second kappa shape index (κ2) is 6.11. The molecule has 0 bridgehead atoms. The van der Waals surface area contributed by atoms with Crippen molar-refractivity contribution < 1.29 is 0 Å². The van der Waals surface area contributed by atoms with Crippen molar-refractivity contribution in [1.29, 1.82) is 0 Å². The summed E-state index contributed by atoms with van der Waals surface area (Å²) >= 11 is 3.54. The van der Waals surface area contributed by atoms with E-state index in [9.17, 15) is 0 Å². The van der Waals surface area contributed by atoms with E-state index < -0.39 is 0 Å². The van der Waals surface area contributed by atoms with Gasteiger partial charge in [-0.25, -0.2) is 0 Å². The van der Waals surface area contributed by atoms with E-state index in [1.807, 2.05) is 0 Å². The number of halogens is 1. The third kappa shape index (κ3) is 2.82. The molecule has 1 aliphatic rings. The SMILES string of the molecule is CCNC(C1=CCCC1)c1ccc2cc(Br)ccc2c1. The van der Waals surface area contributed by atoms with Crippen LogP contribution in [0.1, 0.15) is 37.8 Å². The fraction of sp³-hybridized carbons (Fsp3) is 0.333. The second-order valence-electron chi connectivity index (χ2n) is 5.41. The summed E-state index contributed by atoms with van der Waals surface area (Å²) in [6.45, 7) is 3.18. The molecule has 0 aromatic heterocycles. The van der Waals surface area contributed by atoms with Crippen LogP contribution in [-0.2, 0) is 0 Å². The van der Waals surface area contributed by atoms with E-state index in [1.54, 1.807) is 5.57 Å². The van der Waals surface area contributed by atoms with E-state index in [1.165, 1.54) is 35.6 Å². The largest absolute Gasteiger partial charge is 0.307 e. The van der Waals surface area contributed by atoms with Crippen LogP contribution in [0.2, 0.25) is 0 Å². The standard InChI is InChI=1S/C18H20BrN/c1-2-20-18(13-5-3-4-6-13)16-8-7-15-12-17(19)10-9-14(15)11-16/h5,7-12,18,20H,2-4,6H2,1H3. The summed E-state index contributed by atoms with van der Waals surface area (Å²) in [5.74, 6) is 0. The predicted molar refractivity (Wildman–Crippen MR) is 90.0 cm³/mol. The van der Waals surface area contributed by atoms with Gasteiger partial charge in [-0.1, -0.05) is 52.7 Å². The van der Waals surface area contributed by atoms with Crippen LogP contribution < -0.4 is 5.32 Å². The van der Waals surface area contributed by atoms with Crippen molar-refractivity contribution in [2.45, 2.75) is 32.2 Å². The highest BCUT2D eigenvalue weighted by Crippen LogP contribution is 2.32. The Morgan fingerprint density at radius 3 is 2.70 bits per heavy atom. The molecule has 0 aliphatic heterocycles. The lowest BCUT2D eigenvalue weighted by Crippen LogP contribution is -2.22. The van der Waals surface area contributed by atoms with Gasteiger partial charge in [0.2, 0.25) is 0 Å². The highest BCUT2D eigenvalue weighted by atomic mass is 79.9. The van der Waals surface area contributed by atoms with E-state index in [-0.39, 0.29) is 0 Å². The summed E-state index contributed by atoms with van der Waals surface area (Å²) in [5, 5.41) is 6.24. The molecule has 1 aliphatic carbocycles. The van der Waals surface area contributed by atoms with Gasteiger partial charge in [-0.2, -0.15) is 0 Å². The minimum Gasteiger partial charge on any atom is -0.307 e. The van der Waals surface area contributed by atoms with Gasteiger partial charge in [-0.05, 0) is 60.3 Å². The van der Waals surface area contributed by atoms with E-state index >= 15 is 0 Å². The highest BCUT2D eigenvalue weighted by molar-refractivity contribution is 9.10. The zero-order chi connectivity index (χ0) is 13.9. The smallest absolute Gasteiger partial charge is 0.0536 e. The number of likely N-dealkylation sites (N-methyl/N-ethyl adjacent to an activating group) is 1. The summed E-state index contributed by atoms with van der Waals surface area (Å²) in [5.41, 5.74) is 2.94. The first-order chi connectivity index (χ1) is 9.78. The molecule has 104 valence electrons. The Balaban J connectivity index is 2.00. The van der Waals surface area contributed by atoms with E-state index in [0.29, 0.717) is 6.04 Å². The Morgan fingerprint density at radius 2 is 1.95 bits per heavy atom. The second-order valence-corrected chi connectivity index (χ2v) is 6.33. The van der Waals surface area contributed by atoms with Gasteiger partial charge < -0.3 is 5.32 Å². The fourth-order valence-electron chi connectivity index (χ4n) is 3.04. The predicted octanol–water partition coefficient (Wildman–Crippen LogP) is 5.36. The Morgan fingerprint density at radius 1 is 1.15 bits per heavy atom. The Kier molecular flexibility index (Phi) is 4.23. The Bertz CT molecular complexity index is 645. The fourth-order valence-corrected chi connectivity index (χ4v) is 3.42. The molecule has 1 atom stereocenters. The molecule has 0 heterocycles. The van der Waals surface area contributed by atoms with Crippen LogP contribution in [0.5, 0.6) is 0 Å². The molecule has 0 saturated heterocycles. The molecule has 0 fully saturated rings. The van der Waals surface area contributed by atoms with Crippen LogP contribution in [-0.4, -0.2) is 6.54 Å². The van der Waals surface area contributed by atoms with Crippen LogP contribution >= 0.6 is 15.9 Å². The lowest BCUT2D eigenvalue weighted by Gasteiger charge is -2.20. The molecule has 1 unspecified atom stereocenters. The molecule has 2 aromatic carbocycles. The number of hydrogen-bond acceptors (Lipinski definition) is 1. The van der Waals surface area contributed by atoms with Gasteiger partial charge in [0, 0.05) is 4.47 Å². The summed E-state index contributed by atoms with van der Waals surface area (Å²) in [7, 11) is 0. The highest BCUT2D eigenvalue weighted by Gasteiger charge is 2.18. The van der Waals surface area contributed by atoms with Crippen molar-refractivity contribution in [3.8, 4) is 0 Å². The average Bonchev–Trinajstić information content (AvgIpc) is 2.98. The first-order valence-electron chi connectivity index (χ1n) is 7.39. The van der Waals surface area contributed by atoms with Crippen LogP contribution in [0.4, 0.5) is 0 Å². The maximum Gasteiger partial charge on any atom is 0.0536 e. The number of benzene rings is 2. The Labute approximate surface area is 129 Å². The van der Waals surface area contributed by atoms with Crippen molar-refractivity contribution in [3.05, 3.63) is 58.1 Å². The third-order valence-electron chi connectivity index (χ3n) is 4.01. The van der Waals surface area contributed by atoms with Crippen LogP contribution in [0.25, 0.3) is 10.8 Å². The minimum atomic E-state index is 0.385. The Hall–Kier alpha value is -1.12. The normalized spacial score (nSPS) is 16.4. The minimum absolute atomic E-state index is 0.385. The van der Waals surface area contributed by atoms with Gasteiger partial charge in [0.05, 0.1) is 6.04 Å². The molecule has 1 nitrogen and oxygen atoms in total. The number of allylic oxidation sites excluding steroid dienone is 1. The third-order valence-corrected chi connectivity index (χ3v) is 4.51. The molecule has 2 aromatic rings. The quantitative estimate of drug-likeness (QED) is 0.744. The molecule has 2 heteroatoms. The summed E-state index contributed by atoms with van der Waals surface area (Å²) in [4.78, 5) is 0. The van der Waals surface area contributed by atoms with E-state index in [2.05, 4.69) is 70.6 Å². The van der Waals surface area contributed by atoms with Crippen LogP contribution in [0, 0.1) is 0 Å². The number of rotatable bonds is 4. The number of hydrogen-bond donors (Lipinski definition) is 1. The summed E-state index contributed by atoms with van der Waals surface area (Å²) < 4.78 is 1.14. The molecule has 0 spiro atoms. The van der Waals surface area contributed by atoms with E-state index in [0.717, 1.165) is 11.0 Å². The van der Waals surface area contributed by atoms with Crippen LogP contribution in [0.15, 0.2) is 52.5 Å². The number of nitrogens with one attached hydrogen (secondary N) is 1. The maximum absolute atomic E-state index is 3.64. The van der Waals surface area contributed by atoms with Crippen molar-refractivity contribution in [1.82, 2.24) is 5.32 Å². The molecule has 3 rings (SSSR count). The average molecular weight is 330 g/mol. The van der Waals surface area contributed by atoms with Gasteiger partial charge >= 0.3 is 0 Å². The van der Waals surface area contributed by atoms with Gasteiger partial charge in [0.25, 0.3) is 0 Å². The van der Waals surface area contributed by atoms with Gasteiger partial charge in [-0.15, -0.1) is 0 Å². The van der Waals surface area contributed by atoms with Crippen molar-refractivity contribution in [2.24, 2.45) is 0 Å². The first-order valence-corrected chi connectivity index (χ1v) is 8.19. The van der Waals surface area contributed by atoms with Crippen molar-refractivity contribution in [3.63, 3.8) is 0 Å². The summed E-state index contributed by atoms with van der Waals surface area (Å²) in [6, 6.07) is 13.7. The maximum atomic E-state index is 3.64. The van der Waals surface area contributed by atoms with Crippen LogP contribution in [0.3, 0.4) is 0 Å². The summed E-state index contributed by atoms with van der Waals surface area (Å²) in [6.07, 6.45) is 6.19. The molecule has 20 heavy (non-hydrogen) atoms. The molecule has 0 radical (unpaired) electrons. The monoisotopic (exact) mass is 329 g/mol. The van der Waals surface area contributed by atoms with E-state index in [4.69, 9.17) is 0 Å². The molecular weight excluding hydrogens is 310 g/mol. The van der Waals surface area contributed by atoms with Gasteiger partial charge in [-0.3, -0.25) is 0 Å². The molecular formula is C18H20BrN. The first kappa shape index (κ1) is 13.8. The van der Waals surface area contributed by atoms with Gasteiger partial charge in [0.1, 0.15) is 0 Å². The zero-order valence-corrected chi connectivity index (χ0v) is 13.4. The molecule has 0 amide bonds. The topological polar surface area (TPSA) is 12.0 Å². The van der Waals surface area contributed by atoms with Crippen molar-refractivity contribution >= 4 is 26.7 Å². The lowest BCUT2D eigenvalue weighted by atomic mass is 9.95. The molecule has 1 N–H and O–H groups in total. The zero-order valence-electron chi connectivity index (χ0n) is 11.8. The number of fused-ring (bicyclic) bond motifs is 1.